The molecule has 0 amide bonds. The van der Waals surface area contributed by atoms with E-state index in [4.69, 9.17) is 18.5 Å². The predicted octanol–water partition coefficient (Wildman–Crippen LogP) is 13.3. The van der Waals surface area contributed by atoms with E-state index in [1.54, 1.807) is 0 Å². The summed E-state index contributed by atoms with van der Waals surface area (Å²) in [4.78, 5) is 35.9. The minimum Gasteiger partial charge on any atom is -0.462 e. The summed E-state index contributed by atoms with van der Waals surface area (Å²) in [6, 6.07) is 0. The summed E-state index contributed by atoms with van der Waals surface area (Å²) < 4.78 is 33.7. The largest absolute Gasteiger partial charge is 0.472 e. The number of phosphoric ester groups is 1. The van der Waals surface area contributed by atoms with Gasteiger partial charge in [0.1, 0.15) is 43.2 Å². The molecule has 1 saturated carbocycles. The summed E-state index contributed by atoms with van der Waals surface area (Å²) in [6.07, 6.45) is 43.4. The molecule has 6 unspecified atom stereocenters. The van der Waals surface area contributed by atoms with Crippen LogP contribution in [0.4, 0.5) is 0 Å². The second kappa shape index (κ2) is 46.6. The molecular formula is C57H105O13P. The van der Waals surface area contributed by atoms with Crippen LogP contribution < -0.4 is 0 Å². The SMILES string of the molecule is CCCCC/C=C/C/C=C/CCCCCCCCCCCC(=O)O[C@@H](COC(=O)CCC/C=C/CCCCCCCCCCCCCCCCCCCC)COP(=O)(O)OC1C(O)C(O)C(O)[C@H](O)C1O. The van der Waals surface area contributed by atoms with Crippen molar-refractivity contribution >= 4 is 19.8 Å². The van der Waals surface area contributed by atoms with E-state index in [9.17, 15) is 44.6 Å². The van der Waals surface area contributed by atoms with E-state index in [0.29, 0.717) is 19.3 Å². The molecule has 71 heavy (non-hydrogen) atoms. The topological polar surface area (TPSA) is 210 Å². The molecule has 0 aromatic rings. The van der Waals surface area contributed by atoms with Crippen LogP contribution in [0.3, 0.4) is 0 Å². The molecule has 1 aliphatic carbocycles. The first-order valence-electron chi connectivity index (χ1n) is 28.8. The molecule has 0 radical (unpaired) electrons. The van der Waals surface area contributed by atoms with Gasteiger partial charge < -0.3 is 39.9 Å². The minimum absolute atomic E-state index is 0.0876. The number of esters is 2. The van der Waals surface area contributed by atoms with Crippen molar-refractivity contribution in [3.63, 3.8) is 0 Å². The molecule has 416 valence electrons. The zero-order valence-electron chi connectivity index (χ0n) is 44.8. The van der Waals surface area contributed by atoms with Gasteiger partial charge in [-0.1, -0.05) is 217 Å². The molecule has 0 aromatic carbocycles. The maximum absolute atomic E-state index is 12.9. The number of unbranched alkanes of at least 4 members (excludes halogenated alkanes) is 31. The summed E-state index contributed by atoms with van der Waals surface area (Å²) in [6.45, 7) is 3.30. The Hall–Kier alpha value is -1.93. The van der Waals surface area contributed by atoms with Gasteiger partial charge in [0.25, 0.3) is 0 Å². The third kappa shape index (κ3) is 38.3. The van der Waals surface area contributed by atoms with E-state index in [2.05, 4.69) is 50.3 Å². The third-order valence-corrected chi connectivity index (χ3v) is 14.4. The number of hydrogen-bond acceptors (Lipinski definition) is 12. The van der Waals surface area contributed by atoms with Crippen molar-refractivity contribution < 1.29 is 63.1 Å². The van der Waals surface area contributed by atoms with Crippen molar-refractivity contribution in [2.24, 2.45) is 0 Å². The second-order valence-electron chi connectivity index (χ2n) is 20.1. The van der Waals surface area contributed by atoms with E-state index in [1.165, 1.54) is 161 Å². The van der Waals surface area contributed by atoms with Crippen LogP contribution in [-0.2, 0) is 32.7 Å². The number of phosphoric acid groups is 1. The highest BCUT2D eigenvalue weighted by atomic mass is 31.2. The summed E-state index contributed by atoms with van der Waals surface area (Å²) in [7, 11) is -5.13. The Kier molecular flexibility index (Phi) is 44.0. The molecule has 14 heteroatoms. The van der Waals surface area contributed by atoms with Gasteiger partial charge in [0.05, 0.1) is 6.61 Å². The van der Waals surface area contributed by atoms with Crippen LogP contribution in [0.15, 0.2) is 36.5 Å². The quantitative estimate of drug-likeness (QED) is 0.0145. The number of ether oxygens (including phenoxy) is 2. The van der Waals surface area contributed by atoms with E-state index >= 15 is 0 Å². The Balaban J connectivity index is 2.34. The molecule has 6 N–H and O–H groups in total. The van der Waals surface area contributed by atoms with Gasteiger partial charge in [0.2, 0.25) is 0 Å². The number of hydrogen-bond donors (Lipinski definition) is 6. The Morgan fingerprint density at radius 3 is 1.23 bits per heavy atom. The van der Waals surface area contributed by atoms with E-state index in [0.717, 1.165) is 51.4 Å². The molecule has 8 atom stereocenters. The molecule has 0 bridgehead atoms. The molecule has 0 spiro atoms. The van der Waals surface area contributed by atoms with Crippen molar-refractivity contribution in [3.8, 4) is 0 Å². The molecule has 0 aromatic heterocycles. The Labute approximate surface area is 431 Å². The third-order valence-electron chi connectivity index (χ3n) is 13.5. The van der Waals surface area contributed by atoms with Gasteiger partial charge in [-0.25, -0.2) is 4.57 Å². The average molecular weight is 1030 g/mol. The number of allylic oxidation sites excluding steroid dienone is 6. The number of carbonyl (C=O) groups excluding carboxylic acids is 2. The van der Waals surface area contributed by atoms with E-state index < -0.39 is 75.7 Å². The van der Waals surface area contributed by atoms with Gasteiger partial charge in [0, 0.05) is 12.8 Å². The van der Waals surface area contributed by atoms with Crippen LogP contribution in [-0.4, -0.2) is 98.3 Å². The first-order chi connectivity index (χ1) is 34.4. The predicted molar refractivity (Wildman–Crippen MR) is 286 cm³/mol. The molecule has 1 fully saturated rings. The number of rotatable bonds is 49. The standard InChI is InChI=1S/C57H105O13P/c1-3-5-7-9-11-13-15-17-19-21-23-24-25-26-28-29-31-33-35-37-39-41-43-45-50(58)67-47-49(48-68-71(65,66)70-57-55(63)53(61)52(60)54(62)56(57)64)69-51(59)46-44-42-40-38-36-34-32-30-27-22-20-18-16-14-12-10-8-6-4-2/h12,14,18,20,37,39,49,52-57,60-64H,3-11,13,15-17,19,21-36,38,40-48H2,1-2H3,(H,65,66)/b14-12+,20-18+,39-37+/t49-,52?,53-,54?,55?,56?,57?/m0/s1. The lowest BCUT2D eigenvalue weighted by molar-refractivity contribution is -0.220. The fraction of sp³-hybridized carbons (Fsp3) is 0.860. The van der Waals surface area contributed by atoms with E-state index in [-0.39, 0.29) is 12.8 Å². The van der Waals surface area contributed by atoms with E-state index in [1.807, 2.05) is 0 Å². The smallest absolute Gasteiger partial charge is 0.462 e. The molecule has 0 saturated heterocycles. The van der Waals surface area contributed by atoms with Crippen LogP contribution >= 0.6 is 7.82 Å². The lowest BCUT2D eigenvalue weighted by Gasteiger charge is -2.41. The van der Waals surface area contributed by atoms with Crippen molar-refractivity contribution in [1.29, 1.82) is 0 Å². The second-order valence-corrected chi connectivity index (χ2v) is 21.5. The fourth-order valence-corrected chi connectivity index (χ4v) is 9.83. The number of aliphatic hydroxyl groups excluding tert-OH is 5. The van der Waals surface area contributed by atoms with Crippen molar-refractivity contribution in [3.05, 3.63) is 36.5 Å². The van der Waals surface area contributed by atoms with Crippen molar-refractivity contribution in [2.45, 2.75) is 301 Å². The van der Waals surface area contributed by atoms with Crippen LogP contribution in [0.25, 0.3) is 0 Å². The van der Waals surface area contributed by atoms with Crippen LogP contribution in [0.1, 0.15) is 258 Å². The molecule has 1 aliphatic rings. The normalized spacial score (nSPS) is 20.8. The highest BCUT2D eigenvalue weighted by Crippen LogP contribution is 2.47. The van der Waals surface area contributed by atoms with Gasteiger partial charge in [0.15, 0.2) is 6.10 Å². The summed E-state index contributed by atoms with van der Waals surface area (Å²) in [5, 5.41) is 50.4. The van der Waals surface area contributed by atoms with Gasteiger partial charge >= 0.3 is 19.8 Å². The Bertz CT molecular complexity index is 1380. The first-order valence-corrected chi connectivity index (χ1v) is 30.3. The molecule has 0 aliphatic heterocycles. The maximum atomic E-state index is 12.9. The van der Waals surface area contributed by atoms with Crippen molar-refractivity contribution in [2.75, 3.05) is 13.2 Å². The molecular weight excluding hydrogens is 924 g/mol. The summed E-state index contributed by atoms with van der Waals surface area (Å²) in [5.41, 5.74) is 0. The lowest BCUT2D eigenvalue weighted by atomic mass is 9.85. The maximum Gasteiger partial charge on any atom is 0.472 e. The summed E-state index contributed by atoms with van der Waals surface area (Å²) in [5.74, 6) is -1.13. The molecule has 13 nitrogen and oxygen atoms in total. The Morgan fingerprint density at radius 1 is 0.437 bits per heavy atom. The van der Waals surface area contributed by atoms with Gasteiger partial charge in [-0.2, -0.15) is 0 Å². The number of carbonyl (C=O) groups is 2. The highest BCUT2D eigenvalue weighted by molar-refractivity contribution is 7.47. The van der Waals surface area contributed by atoms with Gasteiger partial charge in [-0.15, -0.1) is 0 Å². The summed E-state index contributed by atoms with van der Waals surface area (Å²) >= 11 is 0. The first kappa shape index (κ1) is 67.1. The molecule has 1 rings (SSSR count). The monoisotopic (exact) mass is 1030 g/mol. The average Bonchev–Trinajstić information content (AvgIpc) is 3.35. The zero-order valence-corrected chi connectivity index (χ0v) is 45.7. The van der Waals surface area contributed by atoms with Crippen LogP contribution in [0.5, 0.6) is 0 Å². The van der Waals surface area contributed by atoms with Crippen LogP contribution in [0.2, 0.25) is 0 Å². The highest BCUT2D eigenvalue weighted by Gasteiger charge is 2.51. The van der Waals surface area contributed by atoms with Crippen LogP contribution in [0, 0.1) is 0 Å². The minimum atomic E-state index is -5.13. The molecule has 0 heterocycles. The van der Waals surface area contributed by atoms with Crippen molar-refractivity contribution in [1.82, 2.24) is 0 Å². The van der Waals surface area contributed by atoms with Gasteiger partial charge in [-0.3, -0.25) is 18.6 Å². The van der Waals surface area contributed by atoms with Gasteiger partial charge in [-0.05, 0) is 64.2 Å². The lowest BCUT2D eigenvalue weighted by Crippen LogP contribution is -2.64. The fourth-order valence-electron chi connectivity index (χ4n) is 8.85. The zero-order chi connectivity index (χ0) is 52.1. The number of aliphatic hydroxyl groups is 5. The Morgan fingerprint density at radius 2 is 0.775 bits per heavy atom.